The lowest BCUT2D eigenvalue weighted by Crippen LogP contribution is -2.05. The Balaban J connectivity index is 2.53. The summed E-state index contributed by atoms with van der Waals surface area (Å²) in [7, 11) is 3.71. The molecule has 2 aromatic rings. The highest BCUT2D eigenvalue weighted by Crippen LogP contribution is 2.27. The molecule has 0 unspecified atom stereocenters. The molecule has 2 rings (SSSR count). The van der Waals surface area contributed by atoms with Crippen molar-refractivity contribution in [1.82, 2.24) is 9.55 Å². The number of hydrogen-bond acceptors (Lipinski definition) is 3. The van der Waals surface area contributed by atoms with E-state index < -0.39 is 0 Å². The standard InChI is InChI=1S/C15H21N3O/c1-5-11-8-12(6-7-14(11)19-4)15-17-10(2)13(9-16)18(15)3/h6-8H,5,9,16H2,1-4H3. The summed E-state index contributed by atoms with van der Waals surface area (Å²) in [6, 6.07) is 6.18. The first-order chi connectivity index (χ1) is 9.12. The SMILES string of the molecule is CCc1cc(-c2nc(C)c(CN)n2C)ccc1OC. The molecule has 1 heterocycles. The van der Waals surface area contributed by atoms with Crippen LogP contribution in [0, 0.1) is 6.92 Å². The number of benzene rings is 1. The van der Waals surface area contributed by atoms with Crippen LogP contribution >= 0.6 is 0 Å². The predicted molar refractivity (Wildman–Crippen MR) is 77.2 cm³/mol. The number of ether oxygens (including phenoxy) is 1. The second-order valence-electron chi connectivity index (χ2n) is 4.61. The first kappa shape index (κ1) is 13.6. The lowest BCUT2D eigenvalue weighted by molar-refractivity contribution is 0.410. The van der Waals surface area contributed by atoms with Crippen molar-refractivity contribution in [2.24, 2.45) is 12.8 Å². The molecule has 0 fully saturated rings. The third-order valence-corrected chi connectivity index (χ3v) is 3.53. The lowest BCUT2D eigenvalue weighted by Gasteiger charge is -2.10. The van der Waals surface area contributed by atoms with Gasteiger partial charge in [-0.3, -0.25) is 0 Å². The van der Waals surface area contributed by atoms with E-state index in [0.29, 0.717) is 6.54 Å². The van der Waals surface area contributed by atoms with E-state index in [1.165, 1.54) is 5.56 Å². The van der Waals surface area contributed by atoms with Crippen molar-refractivity contribution in [3.05, 3.63) is 35.2 Å². The highest BCUT2D eigenvalue weighted by molar-refractivity contribution is 5.60. The molecule has 0 spiro atoms. The molecule has 1 aromatic carbocycles. The molecule has 0 aliphatic heterocycles. The minimum absolute atomic E-state index is 0.506. The molecule has 2 N–H and O–H groups in total. The van der Waals surface area contributed by atoms with E-state index in [1.807, 2.05) is 26.1 Å². The van der Waals surface area contributed by atoms with E-state index >= 15 is 0 Å². The molecule has 4 heteroatoms. The number of rotatable bonds is 4. The Bertz CT molecular complexity index is 587. The van der Waals surface area contributed by atoms with Gasteiger partial charge < -0.3 is 15.0 Å². The van der Waals surface area contributed by atoms with Crippen LogP contribution in [-0.2, 0) is 20.0 Å². The number of hydrogen-bond donors (Lipinski definition) is 1. The fourth-order valence-corrected chi connectivity index (χ4v) is 2.41. The molecule has 0 aliphatic carbocycles. The summed E-state index contributed by atoms with van der Waals surface area (Å²) >= 11 is 0. The third-order valence-electron chi connectivity index (χ3n) is 3.53. The van der Waals surface area contributed by atoms with Gasteiger partial charge in [0.25, 0.3) is 0 Å². The van der Waals surface area contributed by atoms with E-state index in [-0.39, 0.29) is 0 Å². The monoisotopic (exact) mass is 259 g/mol. The molecule has 0 atom stereocenters. The van der Waals surface area contributed by atoms with E-state index in [9.17, 15) is 0 Å². The number of nitrogens with two attached hydrogens (primary N) is 1. The molecule has 4 nitrogen and oxygen atoms in total. The van der Waals surface area contributed by atoms with Crippen LogP contribution in [0.3, 0.4) is 0 Å². The van der Waals surface area contributed by atoms with Gasteiger partial charge in [0.1, 0.15) is 11.6 Å². The maximum atomic E-state index is 5.76. The van der Waals surface area contributed by atoms with E-state index in [4.69, 9.17) is 10.5 Å². The van der Waals surface area contributed by atoms with Gasteiger partial charge in [-0.2, -0.15) is 0 Å². The Morgan fingerprint density at radius 2 is 2.11 bits per heavy atom. The first-order valence-electron chi connectivity index (χ1n) is 6.51. The average Bonchev–Trinajstić information content (AvgIpc) is 2.72. The predicted octanol–water partition coefficient (Wildman–Crippen LogP) is 2.43. The maximum Gasteiger partial charge on any atom is 0.140 e. The van der Waals surface area contributed by atoms with Crippen LogP contribution in [0.1, 0.15) is 23.9 Å². The fraction of sp³-hybridized carbons (Fsp3) is 0.400. The van der Waals surface area contributed by atoms with Gasteiger partial charge in [-0.15, -0.1) is 0 Å². The zero-order valence-electron chi connectivity index (χ0n) is 12.0. The number of aryl methyl sites for hydroxylation is 2. The third kappa shape index (κ3) is 2.36. The zero-order chi connectivity index (χ0) is 14.0. The normalized spacial score (nSPS) is 10.8. The zero-order valence-corrected chi connectivity index (χ0v) is 12.0. The molecule has 0 aliphatic rings. The number of nitrogens with zero attached hydrogens (tertiary/aromatic N) is 2. The molecule has 0 saturated carbocycles. The van der Waals surface area contributed by atoms with Crippen molar-refractivity contribution in [3.63, 3.8) is 0 Å². The van der Waals surface area contributed by atoms with Crippen molar-refractivity contribution in [2.45, 2.75) is 26.8 Å². The van der Waals surface area contributed by atoms with Crippen LogP contribution in [0.2, 0.25) is 0 Å². The summed E-state index contributed by atoms with van der Waals surface area (Å²) in [4.78, 5) is 4.62. The highest BCUT2D eigenvalue weighted by atomic mass is 16.5. The second kappa shape index (κ2) is 5.45. The second-order valence-corrected chi connectivity index (χ2v) is 4.61. The average molecular weight is 259 g/mol. The van der Waals surface area contributed by atoms with Crippen molar-refractivity contribution >= 4 is 0 Å². The molecule has 0 amide bonds. The van der Waals surface area contributed by atoms with Gasteiger partial charge in [-0.1, -0.05) is 6.92 Å². The van der Waals surface area contributed by atoms with Crippen molar-refractivity contribution < 1.29 is 4.74 Å². The summed E-state index contributed by atoms with van der Waals surface area (Å²) in [5.74, 6) is 1.88. The van der Waals surface area contributed by atoms with Crippen LogP contribution in [0.4, 0.5) is 0 Å². The Kier molecular flexibility index (Phi) is 3.90. The molecule has 0 saturated heterocycles. The van der Waals surface area contributed by atoms with E-state index in [1.54, 1.807) is 7.11 Å². The Morgan fingerprint density at radius 3 is 2.63 bits per heavy atom. The van der Waals surface area contributed by atoms with Crippen LogP contribution in [0.15, 0.2) is 18.2 Å². The van der Waals surface area contributed by atoms with Crippen LogP contribution in [0.5, 0.6) is 5.75 Å². The number of imidazole rings is 1. The summed E-state index contributed by atoms with van der Waals surface area (Å²) < 4.78 is 7.43. The van der Waals surface area contributed by atoms with E-state index in [0.717, 1.165) is 34.9 Å². The summed E-state index contributed by atoms with van der Waals surface area (Å²) in [5.41, 5.74) is 10.1. The Morgan fingerprint density at radius 1 is 1.37 bits per heavy atom. The van der Waals surface area contributed by atoms with Gasteiger partial charge in [0, 0.05) is 19.2 Å². The molecule has 1 aromatic heterocycles. The van der Waals surface area contributed by atoms with Gasteiger partial charge >= 0.3 is 0 Å². The van der Waals surface area contributed by atoms with Gasteiger partial charge in [-0.05, 0) is 37.1 Å². The summed E-state index contributed by atoms with van der Waals surface area (Å²) in [6.45, 7) is 4.62. The van der Waals surface area contributed by atoms with Gasteiger partial charge in [0.15, 0.2) is 0 Å². The number of methoxy groups -OCH3 is 1. The van der Waals surface area contributed by atoms with Crippen LogP contribution in [0.25, 0.3) is 11.4 Å². The van der Waals surface area contributed by atoms with Crippen molar-refractivity contribution in [1.29, 1.82) is 0 Å². The molecular weight excluding hydrogens is 238 g/mol. The molecule has 0 radical (unpaired) electrons. The Labute approximate surface area is 114 Å². The van der Waals surface area contributed by atoms with Crippen LogP contribution < -0.4 is 10.5 Å². The first-order valence-corrected chi connectivity index (χ1v) is 6.51. The topological polar surface area (TPSA) is 53.1 Å². The molecule has 19 heavy (non-hydrogen) atoms. The quantitative estimate of drug-likeness (QED) is 0.917. The van der Waals surface area contributed by atoms with Gasteiger partial charge in [-0.25, -0.2) is 4.98 Å². The van der Waals surface area contributed by atoms with E-state index in [2.05, 4.69) is 22.5 Å². The largest absolute Gasteiger partial charge is 0.496 e. The molecule has 0 bridgehead atoms. The Hall–Kier alpha value is -1.81. The highest BCUT2D eigenvalue weighted by Gasteiger charge is 2.13. The molecular formula is C15H21N3O. The fourth-order valence-electron chi connectivity index (χ4n) is 2.41. The lowest BCUT2D eigenvalue weighted by atomic mass is 10.1. The minimum Gasteiger partial charge on any atom is -0.496 e. The van der Waals surface area contributed by atoms with Gasteiger partial charge in [0.2, 0.25) is 0 Å². The maximum absolute atomic E-state index is 5.76. The van der Waals surface area contributed by atoms with Gasteiger partial charge in [0.05, 0.1) is 18.5 Å². The minimum atomic E-state index is 0.506. The van der Waals surface area contributed by atoms with Crippen molar-refractivity contribution in [2.75, 3.05) is 7.11 Å². The van der Waals surface area contributed by atoms with Crippen molar-refractivity contribution in [3.8, 4) is 17.1 Å². The number of aromatic nitrogens is 2. The summed E-state index contributed by atoms with van der Waals surface area (Å²) in [6.07, 6.45) is 0.935. The van der Waals surface area contributed by atoms with Crippen LogP contribution in [-0.4, -0.2) is 16.7 Å². The molecule has 102 valence electrons. The smallest absolute Gasteiger partial charge is 0.140 e. The summed E-state index contributed by atoms with van der Waals surface area (Å²) in [5, 5.41) is 0.